The molecule has 0 aromatic heterocycles. The zero-order valence-corrected chi connectivity index (χ0v) is 10.9. The van der Waals surface area contributed by atoms with Crippen molar-refractivity contribution < 1.29 is 9.32 Å². The van der Waals surface area contributed by atoms with Gasteiger partial charge in [-0.25, -0.2) is 0 Å². The summed E-state index contributed by atoms with van der Waals surface area (Å²) in [6.07, 6.45) is 2.84. The summed E-state index contributed by atoms with van der Waals surface area (Å²) in [4.78, 5) is 11.1. The Morgan fingerprint density at radius 1 is 1.38 bits per heavy atom. The summed E-state index contributed by atoms with van der Waals surface area (Å²) in [5.41, 5.74) is 0. The van der Waals surface area contributed by atoms with Gasteiger partial charge in [0.1, 0.15) is 6.04 Å². The van der Waals surface area contributed by atoms with Crippen LogP contribution in [-0.4, -0.2) is 18.6 Å². The molecule has 2 N–H and O–H groups in total. The Kier molecular flexibility index (Phi) is 9.73. The van der Waals surface area contributed by atoms with Gasteiger partial charge in [-0.1, -0.05) is 25.2 Å². The standard InChI is InChI=1S/C6H17N2O2P3/c9-6(10-13)5(8-12)3-1-2-4-7-11/h5,7-8H,1-4,11-13H2. The first-order chi connectivity index (χ1) is 6.26. The van der Waals surface area contributed by atoms with Crippen LogP contribution in [0.25, 0.3) is 0 Å². The van der Waals surface area contributed by atoms with Crippen LogP contribution in [0.15, 0.2) is 0 Å². The number of rotatable bonds is 7. The first-order valence-electron chi connectivity index (χ1n) is 4.06. The number of hydrogen-bond acceptors (Lipinski definition) is 4. The number of nitrogens with one attached hydrogen (secondary N) is 2. The molecule has 0 spiro atoms. The molecule has 4 nitrogen and oxygen atoms in total. The summed E-state index contributed by atoms with van der Waals surface area (Å²) in [5, 5.41) is 5.81. The summed E-state index contributed by atoms with van der Waals surface area (Å²) in [5.74, 6) is -0.237. The molecular weight excluding hydrogens is 225 g/mol. The third kappa shape index (κ3) is 6.71. The Morgan fingerprint density at radius 2 is 2.08 bits per heavy atom. The molecule has 0 heterocycles. The molecule has 0 rings (SSSR count). The van der Waals surface area contributed by atoms with Crippen LogP contribution in [0.1, 0.15) is 19.3 Å². The van der Waals surface area contributed by atoms with Crippen LogP contribution in [0.2, 0.25) is 0 Å². The van der Waals surface area contributed by atoms with Crippen LogP contribution >= 0.6 is 28.2 Å². The molecule has 0 radical (unpaired) electrons. The van der Waals surface area contributed by atoms with E-state index in [0.29, 0.717) is 0 Å². The summed E-state index contributed by atoms with van der Waals surface area (Å²) >= 11 is 0. The second kappa shape index (κ2) is 9.24. The first kappa shape index (κ1) is 13.7. The average Bonchev–Trinajstić information content (AvgIpc) is 2.17. The van der Waals surface area contributed by atoms with Crippen LogP contribution in [0.5, 0.6) is 0 Å². The van der Waals surface area contributed by atoms with Gasteiger partial charge in [-0.2, -0.15) is 0 Å². The predicted molar refractivity (Wildman–Crippen MR) is 64.0 cm³/mol. The van der Waals surface area contributed by atoms with Crippen molar-refractivity contribution in [3.8, 4) is 0 Å². The molecule has 0 aromatic rings. The minimum Gasteiger partial charge on any atom is -0.450 e. The zero-order valence-electron chi connectivity index (χ0n) is 7.45. The molecule has 0 aliphatic carbocycles. The van der Waals surface area contributed by atoms with Gasteiger partial charge in [0.25, 0.3) is 0 Å². The van der Waals surface area contributed by atoms with Crippen molar-refractivity contribution in [1.29, 1.82) is 0 Å². The molecule has 7 heteroatoms. The van der Waals surface area contributed by atoms with Crippen molar-refractivity contribution in [2.45, 2.75) is 25.3 Å². The van der Waals surface area contributed by atoms with E-state index >= 15 is 0 Å². The van der Waals surface area contributed by atoms with E-state index < -0.39 is 0 Å². The van der Waals surface area contributed by atoms with E-state index in [0.717, 1.165) is 25.8 Å². The fourth-order valence-electron chi connectivity index (χ4n) is 0.927. The van der Waals surface area contributed by atoms with Gasteiger partial charge in [0.2, 0.25) is 0 Å². The molecule has 0 bridgehead atoms. The fraction of sp³-hybridized carbons (Fsp3) is 0.833. The van der Waals surface area contributed by atoms with Gasteiger partial charge < -0.3 is 9.61 Å². The molecule has 0 aromatic carbocycles. The van der Waals surface area contributed by atoms with Crippen LogP contribution in [0, 0.1) is 0 Å². The quantitative estimate of drug-likeness (QED) is 0.507. The van der Waals surface area contributed by atoms with Crippen LogP contribution < -0.4 is 10.2 Å². The Balaban J connectivity index is 3.53. The number of unbranched alkanes of at least 4 members (excludes halogenated alkanes) is 1. The van der Waals surface area contributed by atoms with E-state index in [1.807, 2.05) is 9.47 Å². The summed E-state index contributed by atoms with van der Waals surface area (Å²) in [6, 6.07) is -0.216. The van der Waals surface area contributed by atoms with Crippen molar-refractivity contribution in [2.75, 3.05) is 6.54 Å². The van der Waals surface area contributed by atoms with Crippen molar-refractivity contribution in [3.63, 3.8) is 0 Å². The highest BCUT2D eigenvalue weighted by atomic mass is 31.0. The van der Waals surface area contributed by atoms with E-state index in [4.69, 9.17) is 0 Å². The highest BCUT2D eigenvalue weighted by Crippen LogP contribution is 2.05. The maximum absolute atomic E-state index is 11.1. The largest absolute Gasteiger partial charge is 0.450 e. The van der Waals surface area contributed by atoms with Gasteiger partial charge in [-0.05, 0) is 19.4 Å². The molecule has 4 atom stereocenters. The minimum atomic E-state index is -0.237. The molecule has 0 aliphatic heterocycles. The Hall–Kier alpha value is 0.680. The zero-order chi connectivity index (χ0) is 10.1. The molecule has 0 aliphatic rings. The maximum atomic E-state index is 11.1. The first-order valence-corrected chi connectivity index (χ1v) is 5.69. The van der Waals surface area contributed by atoms with Crippen LogP contribution in [0.4, 0.5) is 0 Å². The summed E-state index contributed by atoms with van der Waals surface area (Å²) < 4.78 is 4.54. The van der Waals surface area contributed by atoms with Crippen molar-refractivity contribution in [1.82, 2.24) is 10.2 Å². The second-order valence-electron chi connectivity index (χ2n) is 2.61. The van der Waals surface area contributed by atoms with Crippen molar-refractivity contribution in [3.05, 3.63) is 0 Å². The van der Waals surface area contributed by atoms with Gasteiger partial charge in [0, 0.05) is 0 Å². The summed E-state index contributed by atoms with van der Waals surface area (Å²) in [7, 11) is 6.75. The third-order valence-electron chi connectivity index (χ3n) is 1.67. The minimum absolute atomic E-state index is 0.216. The molecule has 4 unspecified atom stereocenters. The van der Waals surface area contributed by atoms with E-state index in [1.165, 1.54) is 0 Å². The second-order valence-corrected chi connectivity index (χ2v) is 3.58. The maximum Gasteiger partial charge on any atom is 0.325 e. The SMILES string of the molecule is O=C(OP)C(CCCCNP)NP. The van der Waals surface area contributed by atoms with E-state index in [1.54, 1.807) is 0 Å². The lowest BCUT2D eigenvalue weighted by Crippen LogP contribution is -2.30. The number of hydrogen-bond donors (Lipinski definition) is 2. The Morgan fingerprint density at radius 3 is 2.54 bits per heavy atom. The molecule has 0 fully saturated rings. The summed E-state index contributed by atoms with van der Waals surface area (Å²) in [6.45, 7) is 0.949. The molecule has 13 heavy (non-hydrogen) atoms. The van der Waals surface area contributed by atoms with E-state index in [2.05, 4.69) is 33.5 Å². The van der Waals surface area contributed by atoms with Gasteiger partial charge >= 0.3 is 5.97 Å². The van der Waals surface area contributed by atoms with Crippen molar-refractivity contribution >= 4 is 34.2 Å². The average molecular weight is 242 g/mol. The molecule has 78 valence electrons. The van der Waals surface area contributed by atoms with Gasteiger partial charge in [-0.3, -0.25) is 9.88 Å². The van der Waals surface area contributed by atoms with E-state index in [-0.39, 0.29) is 12.0 Å². The molecule has 0 amide bonds. The lowest BCUT2D eigenvalue weighted by atomic mass is 10.1. The van der Waals surface area contributed by atoms with Crippen LogP contribution in [0.3, 0.4) is 0 Å². The lowest BCUT2D eigenvalue weighted by Gasteiger charge is -2.12. The number of carbonyl (C=O) groups is 1. The van der Waals surface area contributed by atoms with E-state index in [9.17, 15) is 4.79 Å². The smallest absolute Gasteiger partial charge is 0.325 e. The highest BCUT2D eigenvalue weighted by molar-refractivity contribution is 7.14. The van der Waals surface area contributed by atoms with Crippen LogP contribution in [-0.2, 0) is 9.32 Å². The lowest BCUT2D eigenvalue weighted by molar-refractivity contribution is -0.135. The molecular formula is C6H17N2O2P3. The Labute approximate surface area is 86.1 Å². The third-order valence-corrected chi connectivity index (χ3v) is 2.59. The fourth-order valence-corrected chi connectivity index (χ4v) is 1.60. The normalized spacial score (nSPS) is 12.5. The van der Waals surface area contributed by atoms with Crippen molar-refractivity contribution in [2.24, 2.45) is 0 Å². The highest BCUT2D eigenvalue weighted by Gasteiger charge is 2.15. The van der Waals surface area contributed by atoms with Gasteiger partial charge in [-0.15, -0.1) is 0 Å². The predicted octanol–water partition coefficient (Wildman–Crippen LogP) is 0.618. The van der Waals surface area contributed by atoms with Gasteiger partial charge in [0.05, 0.1) is 9.47 Å². The monoisotopic (exact) mass is 242 g/mol. The Bertz CT molecular complexity index is 148. The molecule has 0 saturated heterocycles. The van der Waals surface area contributed by atoms with Gasteiger partial charge in [0.15, 0.2) is 0 Å². The molecule has 0 saturated carbocycles. The topological polar surface area (TPSA) is 50.4 Å². The number of carbonyl (C=O) groups excluding carboxylic acids is 1.